The number of benzene rings is 3. The van der Waals surface area contributed by atoms with Crippen molar-refractivity contribution < 1.29 is 24.2 Å². The number of para-hydroxylation sites is 1. The lowest BCUT2D eigenvalue weighted by molar-refractivity contribution is -0.132. The van der Waals surface area contributed by atoms with Crippen LogP contribution in [0.25, 0.3) is 0 Å². The molecule has 0 saturated heterocycles. The molecule has 0 aliphatic carbocycles. The minimum absolute atomic E-state index is 0.0944. The maximum atomic E-state index is 14.0. The van der Waals surface area contributed by atoms with Crippen molar-refractivity contribution in [3.63, 3.8) is 0 Å². The minimum atomic E-state index is -2.10. The Hall–Kier alpha value is -3.39. The molecular formula is C29H31ClN2O5. The predicted octanol–water partition coefficient (Wildman–Crippen LogP) is 4.63. The number of rotatable bonds is 10. The topological polar surface area (TPSA) is 79.3 Å². The Balaban J connectivity index is 1.81. The van der Waals surface area contributed by atoms with Crippen LogP contribution in [-0.4, -0.2) is 55.2 Å². The first-order valence-corrected chi connectivity index (χ1v) is 12.7. The van der Waals surface area contributed by atoms with E-state index in [1.165, 1.54) is 18.1 Å². The third kappa shape index (κ3) is 5.07. The fourth-order valence-electron chi connectivity index (χ4n) is 4.69. The van der Waals surface area contributed by atoms with Crippen molar-refractivity contribution in [3.05, 3.63) is 94.0 Å². The van der Waals surface area contributed by atoms with Crippen LogP contribution in [-0.2, 0) is 21.7 Å². The van der Waals surface area contributed by atoms with Gasteiger partial charge in [-0.2, -0.15) is 0 Å². The molecule has 1 heterocycles. The zero-order chi connectivity index (χ0) is 26.6. The number of ether oxygens (including phenoxy) is 2. The summed E-state index contributed by atoms with van der Waals surface area (Å²) in [5.74, 6) is -0.760. The smallest absolute Gasteiger partial charge is 0.337 e. The van der Waals surface area contributed by atoms with E-state index in [0.717, 1.165) is 18.7 Å². The number of methoxy groups -OCH3 is 1. The van der Waals surface area contributed by atoms with Gasteiger partial charge in [-0.25, -0.2) is 4.79 Å². The van der Waals surface area contributed by atoms with Crippen LogP contribution >= 0.6 is 11.6 Å². The van der Waals surface area contributed by atoms with Crippen molar-refractivity contribution in [2.24, 2.45) is 0 Å². The molecule has 0 saturated carbocycles. The molecule has 4 rings (SSSR count). The number of carbonyl (C=O) groups is 2. The fraction of sp³-hybridized carbons (Fsp3) is 0.310. The van der Waals surface area contributed by atoms with Gasteiger partial charge in [-0.15, -0.1) is 0 Å². The third-order valence-corrected chi connectivity index (χ3v) is 7.04. The highest BCUT2D eigenvalue weighted by molar-refractivity contribution is 6.33. The van der Waals surface area contributed by atoms with E-state index in [9.17, 15) is 14.7 Å². The van der Waals surface area contributed by atoms with Crippen molar-refractivity contribution >= 4 is 29.2 Å². The highest BCUT2D eigenvalue weighted by Crippen LogP contribution is 2.50. The Kier molecular flexibility index (Phi) is 8.17. The number of carbonyl (C=O) groups excluding carboxylic acids is 2. The first-order valence-electron chi connectivity index (χ1n) is 12.3. The molecule has 0 bridgehead atoms. The van der Waals surface area contributed by atoms with Crippen molar-refractivity contribution in [1.29, 1.82) is 0 Å². The lowest BCUT2D eigenvalue weighted by atomic mass is 9.86. The summed E-state index contributed by atoms with van der Waals surface area (Å²) in [5, 5.41) is 12.3. The molecule has 3 aromatic rings. The van der Waals surface area contributed by atoms with Crippen molar-refractivity contribution in [2.45, 2.75) is 26.1 Å². The number of aliphatic hydroxyl groups is 1. The highest BCUT2D eigenvalue weighted by atomic mass is 35.5. The summed E-state index contributed by atoms with van der Waals surface area (Å²) >= 11 is 6.69. The van der Waals surface area contributed by atoms with Crippen LogP contribution in [0.15, 0.2) is 66.7 Å². The number of likely N-dealkylation sites (N-methyl/N-ethyl adjacent to an activating group) is 1. The molecule has 0 radical (unpaired) electrons. The van der Waals surface area contributed by atoms with Crippen LogP contribution in [0.4, 0.5) is 5.69 Å². The molecule has 37 heavy (non-hydrogen) atoms. The molecule has 3 aromatic carbocycles. The number of fused-ring (bicyclic) bond motifs is 1. The number of amides is 1. The molecule has 8 heteroatoms. The normalized spacial score (nSPS) is 16.7. The second kappa shape index (κ2) is 11.3. The largest absolute Gasteiger partial charge is 0.488 e. The van der Waals surface area contributed by atoms with Crippen LogP contribution in [0.3, 0.4) is 0 Å². The van der Waals surface area contributed by atoms with Crippen LogP contribution in [0, 0.1) is 0 Å². The maximum absolute atomic E-state index is 14.0. The minimum Gasteiger partial charge on any atom is -0.488 e. The van der Waals surface area contributed by atoms with Gasteiger partial charge in [0, 0.05) is 24.2 Å². The zero-order valence-corrected chi connectivity index (χ0v) is 22.0. The van der Waals surface area contributed by atoms with Crippen molar-refractivity contribution in [1.82, 2.24) is 4.90 Å². The van der Waals surface area contributed by atoms with E-state index in [1.807, 2.05) is 44.2 Å². The van der Waals surface area contributed by atoms with E-state index in [2.05, 4.69) is 4.90 Å². The Labute approximate surface area is 222 Å². The first-order chi connectivity index (χ1) is 17.8. The van der Waals surface area contributed by atoms with Gasteiger partial charge in [0.2, 0.25) is 5.60 Å². The Morgan fingerprint density at radius 2 is 1.73 bits per heavy atom. The van der Waals surface area contributed by atoms with Gasteiger partial charge in [0.25, 0.3) is 5.91 Å². The van der Waals surface area contributed by atoms with Gasteiger partial charge in [0.15, 0.2) is 0 Å². The molecule has 0 aromatic heterocycles. The number of esters is 1. The van der Waals surface area contributed by atoms with Gasteiger partial charge in [0.1, 0.15) is 12.4 Å². The number of halogens is 1. The SMILES string of the molecule is CCN(CC)CCN1C(=O)C(O)(c2ccccc2OCc2ccccc2)c2c(Cl)cc(C(=O)OC)cc21. The third-order valence-electron chi connectivity index (χ3n) is 6.75. The number of anilines is 1. The molecule has 194 valence electrons. The van der Waals surface area contributed by atoms with Gasteiger partial charge < -0.3 is 24.4 Å². The average molecular weight is 523 g/mol. The molecule has 1 amide bonds. The van der Waals surface area contributed by atoms with E-state index in [4.69, 9.17) is 21.1 Å². The van der Waals surface area contributed by atoms with Crippen LogP contribution < -0.4 is 9.64 Å². The van der Waals surface area contributed by atoms with Crippen LogP contribution in [0.1, 0.15) is 40.9 Å². The standard InChI is InChI=1S/C29H31ClN2O5/c1-4-31(5-2)15-16-32-24-18-21(27(33)36-3)17-23(30)26(24)29(35,28(32)34)22-13-9-10-14-25(22)37-19-20-11-7-6-8-12-20/h6-14,17-18,35H,4-5,15-16,19H2,1-3H3. The van der Waals surface area contributed by atoms with E-state index >= 15 is 0 Å². The Bertz CT molecular complexity index is 1280. The maximum Gasteiger partial charge on any atom is 0.337 e. The van der Waals surface area contributed by atoms with Crippen LogP contribution in [0.5, 0.6) is 5.75 Å². The quantitative estimate of drug-likeness (QED) is 0.391. The summed E-state index contributed by atoms with van der Waals surface area (Å²) in [6.45, 7) is 6.88. The Morgan fingerprint density at radius 3 is 2.41 bits per heavy atom. The van der Waals surface area contributed by atoms with Crippen molar-refractivity contribution in [3.8, 4) is 5.75 Å². The molecule has 1 unspecified atom stereocenters. The number of hydrogen-bond acceptors (Lipinski definition) is 6. The van der Waals surface area contributed by atoms with Gasteiger partial charge in [-0.1, -0.05) is 74.0 Å². The van der Waals surface area contributed by atoms with Gasteiger partial charge >= 0.3 is 5.97 Å². The van der Waals surface area contributed by atoms with Gasteiger partial charge in [-0.05, 0) is 36.9 Å². The molecular weight excluding hydrogens is 492 g/mol. The van der Waals surface area contributed by atoms with Crippen molar-refractivity contribution in [2.75, 3.05) is 38.2 Å². The van der Waals surface area contributed by atoms with E-state index in [0.29, 0.717) is 24.5 Å². The summed E-state index contributed by atoms with van der Waals surface area (Å²) in [4.78, 5) is 30.0. The van der Waals surface area contributed by atoms with E-state index in [1.54, 1.807) is 30.3 Å². The average Bonchev–Trinajstić information content (AvgIpc) is 3.15. The summed E-state index contributed by atoms with van der Waals surface area (Å²) < 4.78 is 11.0. The lowest BCUT2D eigenvalue weighted by Crippen LogP contribution is -2.44. The second-order valence-electron chi connectivity index (χ2n) is 8.81. The molecule has 1 N–H and O–H groups in total. The molecule has 0 spiro atoms. The molecule has 0 fully saturated rings. The fourth-order valence-corrected chi connectivity index (χ4v) is 5.04. The predicted molar refractivity (Wildman–Crippen MR) is 143 cm³/mol. The number of nitrogens with zero attached hydrogens (tertiary/aromatic N) is 2. The summed E-state index contributed by atoms with van der Waals surface area (Å²) in [6, 6.07) is 19.5. The second-order valence-corrected chi connectivity index (χ2v) is 9.22. The van der Waals surface area contributed by atoms with Gasteiger partial charge in [-0.3, -0.25) is 4.79 Å². The molecule has 1 atom stereocenters. The summed E-state index contributed by atoms with van der Waals surface area (Å²) in [7, 11) is 1.28. The van der Waals surface area contributed by atoms with E-state index in [-0.39, 0.29) is 28.3 Å². The molecule has 1 aliphatic rings. The Morgan fingerprint density at radius 1 is 1.05 bits per heavy atom. The summed E-state index contributed by atoms with van der Waals surface area (Å²) in [5.41, 5.74) is -0.0611. The van der Waals surface area contributed by atoms with E-state index < -0.39 is 17.5 Å². The summed E-state index contributed by atoms with van der Waals surface area (Å²) in [6.07, 6.45) is 0. The molecule has 7 nitrogen and oxygen atoms in total. The zero-order valence-electron chi connectivity index (χ0n) is 21.2. The highest BCUT2D eigenvalue weighted by Gasteiger charge is 2.54. The molecule has 1 aliphatic heterocycles. The van der Waals surface area contributed by atoms with Gasteiger partial charge in [0.05, 0.1) is 23.4 Å². The first kappa shape index (κ1) is 26.7. The lowest BCUT2D eigenvalue weighted by Gasteiger charge is -2.27. The number of hydrogen-bond donors (Lipinski definition) is 1. The monoisotopic (exact) mass is 522 g/mol. The van der Waals surface area contributed by atoms with Crippen LogP contribution in [0.2, 0.25) is 5.02 Å².